The molecule has 3 N–H and O–H groups in total. The summed E-state index contributed by atoms with van der Waals surface area (Å²) < 4.78 is 0. The van der Waals surface area contributed by atoms with Crippen molar-refractivity contribution in [2.24, 2.45) is 0 Å². The molecule has 92 valence electrons. The fraction of sp³-hybridized carbons (Fsp3) is 0.167. The van der Waals surface area contributed by atoms with Gasteiger partial charge < -0.3 is 11.1 Å². The summed E-state index contributed by atoms with van der Waals surface area (Å²) in [4.78, 5) is 23.6. The van der Waals surface area contributed by atoms with Crippen molar-refractivity contribution < 1.29 is 4.79 Å². The van der Waals surface area contributed by atoms with Crippen LogP contribution in [0.2, 0.25) is 0 Å². The Balaban J connectivity index is 1.86. The topological polar surface area (TPSA) is 93.8 Å². The molecule has 2 aromatic heterocycles. The Hall–Kier alpha value is -2.50. The maximum atomic E-state index is 11.7. The maximum Gasteiger partial charge on any atom is 0.271 e. The first kappa shape index (κ1) is 12.0. The molecule has 0 aromatic carbocycles. The number of aromatic nitrogens is 3. The molecule has 6 heteroatoms. The number of nitrogens with two attached hydrogens (primary N) is 1. The van der Waals surface area contributed by atoms with Gasteiger partial charge >= 0.3 is 0 Å². The second-order valence-corrected chi connectivity index (χ2v) is 3.66. The molecule has 2 heterocycles. The van der Waals surface area contributed by atoms with Crippen LogP contribution in [0.15, 0.2) is 36.8 Å². The largest absolute Gasteiger partial charge is 0.382 e. The van der Waals surface area contributed by atoms with Gasteiger partial charge in [0.2, 0.25) is 0 Å². The predicted molar refractivity (Wildman–Crippen MR) is 66.7 cm³/mol. The average molecular weight is 243 g/mol. The fourth-order valence-corrected chi connectivity index (χ4v) is 1.43. The second kappa shape index (κ2) is 5.72. The smallest absolute Gasteiger partial charge is 0.271 e. The lowest BCUT2D eigenvalue weighted by molar-refractivity contribution is 0.0949. The molecule has 0 saturated carbocycles. The number of nitrogen functional groups attached to an aromatic ring is 1. The van der Waals surface area contributed by atoms with Gasteiger partial charge in [-0.05, 0) is 12.1 Å². The van der Waals surface area contributed by atoms with Crippen molar-refractivity contribution in [3.63, 3.8) is 0 Å². The molecule has 0 atom stereocenters. The highest BCUT2D eigenvalue weighted by Gasteiger charge is 2.07. The lowest BCUT2D eigenvalue weighted by atomic mass is 10.2. The highest BCUT2D eigenvalue weighted by molar-refractivity contribution is 5.92. The molecular formula is C12H13N5O. The fourth-order valence-electron chi connectivity index (χ4n) is 1.43. The normalized spacial score (nSPS) is 10.0. The van der Waals surface area contributed by atoms with E-state index < -0.39 is 0 Å². The molecule has 0 aliphatic rings. The van der Waals surface area contributed by atoms with Gasteiger partial charge in [-0.1, -0.05) is 6.07 Å². The zero-order chi connectivity index (χ0) is 12.8. The Morgan fingerprint density at radius 2 is 2.22 bits per heavy atom. The summed E-state index contributed by atoms with van der Waals surface area (Å²) in [5.41, 5.74) is 6.60. The van der Waals surface area contributed by atoms with Crippen molar-refractivity contribution in [2.45, 2.75) is 6.42 Å². The molecule has 6 nitrogen and oxygen atoms in total. The SMILES string of the molecule is Nc1cncc(C(=O)NCCc2ccccn2)n1. The number of anilines is 1. The zero-order valence-corrected chi connectivity index (χ0v) is 9.71. The van der Waals surface area contributed by atoms with Crippen molar-refractivity contribution in [3.8, 4) is 0 Å². The van der Waals surface area contributed by atoms with Crippen LogP contribution in [0.4, 0.5) is 5.82 Å². The Bertz CT molecular complexity index is 529. The number of hydrogen-bond donors (Lipinski definition) is 2. The van der Waals surface area contributed by atoms with Gasteiger partial charge in [-0.25, -0.2) is 4.98 Å². The number of carbonyl (C=O) groups is 1. The van der Waals surface area contributed by atoms with Crippen LogP contribution in [0.5, 0.6) is 0 Å². The maximum absolute atomic E-state index is 11.7. The van der Waals surface area contributed by atoms with E-state index in [4.69, 9.17) is 5.73 Å². The van der Waals surface area contributed by atoms with Crippen molar-refractivity contribution in [2.75, 3.05) is 12.3 Å². The number of amides is 1. The first-order valence-electron chi connectivity index (χ1n) is 5.51. The van der Waals surface area contributed by atoms with Crippen molar-refractivity contribution in [1.29, 1.82) is 0 Å². The van der Waals surface area contributed by atoms with Gasteiger partial charge in [0.25, 0.3) is 5.91 Å². The Labute approximate surface area is 104 Å². The van der Waals surface area contributed by atoms with E-state index in [2.05, 4.69) is 20.3 Å². The minimum absolute atomic E-state index is 0.219. The standard InChI is InChI=1S/C12H13N5O/c13-11-8-14-7-10(17-11)12(18)16-6-4-9-3-1-2-5-15-9/h1-3,5,7-8H,4,6H2,(H2,13,17)(H,16,18). The lowest BCUT2D eigenvalue weighted by Crippen LogP contribution is -2.27. The lowest BCUT2D eigenvalue weighted by Gasteiger charge is -2.04. The molecule has 18 heavy (non-hydrogen) atoms. The van der Waals surface area contributed by atoms with Crippen LogP contribution in [0.25, 0.3) is 0 Å². The molecule has 0 fully saturated rings. The van der Waals surface area contributed by atoms with Crippen LogP contribution < -0.4 is 11.1 Å². The van der Waals surface area contributed by atoms with E-state index in [1.165, 1.54) is 12.4 Å². The number of nitrogens with zero attached hydrogens (tertiary/aromatic N) is 3. The van der Waals surface area contributed by atoms with Gasteiger partial charge in [0.15, 0.2) is 0 Å². The summed E-state index contributed by atoms with van der Waals surface area (Å²) in [5.74, 6) is -0.0573. The number of pyridine rings is 1. The first-order chi connectivity index (χ1) is 8.75. The van der Waals surface area contributed by atoms with Gasteiger partial charge in [-0.15, -0.1) is 0 Å². The molecule has 0 aliphatic carbocycles. The third kappa shape index (κ3) is 3.24. The number of carbonyl (C=O) groups excluding carboxylic acids is 1. The molecule has 0 unspecified atom stereocenters. The number of nitrogens with one attached hydrogen (secondary N) is 1. The third-order valence-corrected chi connectivity index (χ3v) is 2.28. The van der Waals surface area contributed by atoms with E-state index in [1.807, 2.05) is 18.2 Å². The van der Waals surface area contributed by atoms with Crippen molar-refractivity contribution in [3.05, 3.63) is 48.2 Å². The first-order valence-corrected chi connectivity index (χ1v) is 5.51. The Morgan fingerprint density at radius 3 is 2.94 bits per heavy atom. The Morgan fingerprint density at radius 1 is 1.33 bits per heavy atom. The van der Waals surface area contributed by atoms with Crippen LogP contribution in [0.1, 0.15) is 16.2 Å². The summed E-state index contributed by atoms with van der Waals surface area (Å²) in [5, 5.41) is 2.74. The molecular weight excluding hydrogens is 230 g/mol. The third-order valence-electron chi connectivity index (χ3n) is 2.28. The monoisotopic (exact) mass is 243 g/mol. The van der Waals surface area contributed by atoms with Gasteiger partial charge in [-0.2, -0.15) is 0 Å². The van der Waals surface area contributed by atoms with E-state index in [0.717, 1.165) is 5.69 Å². The minimum atomic E-state index is -0.286. The van der Waals surface area contributed by atoms with E-state index in [9.17, 15) is 4.79 Å². The van der Waals surface area contributed by atoms with E-state index in [-0.39, 0.29) is 17.4 Å². The zero-order valence-electron chi connectivity index (χ0n) is 9.71. The second-order valence-electron chi connectivity index (χ2n) is 3.66. The highest BCUT2D eigenvalue weighted by atomic mass is 16.1. The molecule has 1 amide bonds. The number of rotatable bonds is 4. The van der Waals surface area contributed by atoms with Crippen LogP contribution in [0, 0.1) is 0 Å². The van der Waals surface area contributed by atoms with Crippen molar-refractivity contribution in [1.82, 2.24) is 20.3 Å². The highest BCUT2D eigenvalue weighted by Crippen LogP contribution is 1.97. The van der Waals surface area contributed by atoms with Crippen LogP contribution in [-0.4, -0.2) is 27.4 Å². The summed E-state index contributed by atoms with van der Waals surface area (Å²) in [7, 11) is 0. The Kier molecular flexibility index (Phi) is 3.80. The van der Waals surface area contributed by atoms with E-state index in [1.54, 1.807) is 6.20 Å². The van der Waals surface area contributed by atoms with E-state index in [0.29, 0.717) is 13.0 Å². The molecule has 0 saturated heterocycles. The summed E-state index contributed by atoms with van der Waals surface area (Å²) in [6, 6.07) is 5.67. The minimum Gasteiger partial charge on any atom is -0.382 e. The average Bonchev–Trinajstić information content (AvgIpc) is 2.40. The van der Waals surface area contributed by atoms with E-state index >= 15 is 0 Å². The number of hydrogen-bond acceptors (Lipinski definition) is 5. The van der Waals surface area contributed by atoms with Crippen molar-refractivity contribution >= 4 is 11.7 Å². The summed E-state index contributed by atoms with van der Waals surface area (Å²) in [6.07, 6.45) is 5.17. The summed E-state index contributed by atoms with van der Waals surface area (Å²) >= 11 is 0. The molecule has 2 aromatic rings. The van der Waals surface area contributed by atoms with Crippen LogP contribution in [-0.2, 0) is 6.42 Å². The van der Waals surface area contributed by atoms with Gasteiger partial charge in [0.1, 0.15) is 11.5 Å². The summed E-state index contributed by atoms with van der Waals surface area (Å²) in [6.45, 7) is 0.492. The quantitative estimate of drug-likeness (QED) is 0.812. The molecule has 0 bridgehead atoms. The molecule has 2 rings (SSSR count). The predicted octanol–water partition coefficient (Wildman–Crippen LogP) is 0.426. The molecule has 0 radical (unpaired) electrons. The molecule has 0 aliphatic heterocycles. The van der Waals surface area contributed by atoms with Crippen LogP contribution >= 0.6 is 0 Å². The van der Waals surface area contributed by atoms with Gasteiger partial charge in [0, 0.05) is 24.9 Å². The van der Waals surface area contributed by atoms with Crippen LogP contribution in [0.3, 0.4) is 0 Å². The van der Waals surface area contributed by atoms with Gasteiger partial charge in [-0.3, -0.25) is 14.8 Å². The van der Waals surface area contributed by atoms with Gasteiger partial charge in [0.05, 0.1) is 12.4 Å². The molecule has 0 spiro atoms.